The number of fused-ring (bicyclic) bond motifs is 1. The lowest BCUT2D eigenvalue weighted by atomic mass is 10.1. The molecule has 1 saturated carbocycles. The van der Waals surface area contributed by atoms with Gasteiger partial charge in [0.2, 0.25) is 5.95 Å². The highest BCUT2D eigenvalue weighted by atomic mass is 35.5. The molecular formula is C20H21ClF3N5O3S. The van der Waals surface area contributed by atoms with Gasteiger partial charge in [-0.2, -0.15) is 18.2 Å². The van der Waals surface area contributed by atoms with Crippen molar-refractivity contribution >= 4 is 44.9 Å². The molecule has 2 heterocycles. The van der Waals surface area contributed by atoms with Gasteiger partial charge in [0.25, 0.3) is 0 Å². The second kappa shape index (κ2) is 9.18. The van der Waals surface area contributed by atoms with Gasteiger partial charge in [0.15, 0.2) is 0 Å². The molecule has 8 nitrogen and oxygen atoms in total. The van der Waals surface area contributed by atoms with Crippen LogP contribution in [-0.4, -0.2) is 67.3 Å². The first-order valence-corrected chi connectivity index (χ1v) is 11.3. The average molecular weight is 504 g/mol. The third-order valence-electron chi connectivity index (χ3n) is 5.57. The van der Waals surface area contributed by atoms with Gasteiger partial charge in [0.05, 0.1) is 27.9 Å². The molecule has 1 fully saturated rings. The highest BCUT2D eigenvalue weighted by molar-refractivity contribution is 7.21. The first kappa shape index (κ1) is 23.9. The normalized spacial score (nSPS) is 24.2. The molecule has 0 radical (unpaired) electrons. The van der Waals surface area contributed by atoms with Gasteiger partial charge in [0.1, 0.15) is 28.1 Å². The Balaban J connectivity index is 1.76. The number of anilines is 2. The summed E-state index contributed by atoms with van der Waals surface area (Å²) in [6.07, 6.45) is -6.72. The standard InChI is InChI=1S/C20H21ClF3N5O3S/c1-8(20(22,23)24)25-19-28-16(21)13(18-27-10-4-2-3-5-12(10)33-18)17(29-19)26-11-6-9(7-30)14(31)15(11)32/h2-5,8-9,11,14-15,30-32H,6-7H2,1H3,(H2,25,26,28,29)/t8-,9+,11+,14+,15-/m0/s1. The Morgan fingerprint density at radius 2 is 1.91 bits per heavy atom. The predicted octanol–water partition coefficient (Wildman–Crippen LogP) is 3.28. The molecule has 1 aliphatic carbocycles. The van der Waals surface area contributed by atoms with Crippen LogP contribution in [0, 0.1) is 5.92 Å². The van der Waals surface area contributed by atoms with Crippen molar-refractivity contribution in [2.45, 2.75) is 43.8 Å². The molecule has 0 amide bonds. The third-order valence-corrected chi connectivity index (χ3v) is 6.90. The van der Waals surface area contributed by atoms with Crippen LogP contribution in [0.25, 0.3) is 20.8 Å². The minimum absolute atomic E-state index is 0.0563. The van der Waals surface area contributed by atoms with Crippen LogP contribution >= 0.6 is 22.9 Å². The lowest BCUT2D eigenvalue weighted by Gasteiger charge is -2.22. The molecule has 13 heteroatoms. The van der Waals surface area contributed by atoms with Gasteiger partial charge >= 0.3 is 6.18 Å². The summed E-state index contributed by atoms with van der Waals surface area (Å²) in [5.74, 6) is -0.867. The second-order valence-electron chi connectivity index (χ2n) is 7.87. The number of alkyl halides is 3. The molecule has 33 heavy (non-hydrogen) atoms. The summed E-state index contributed by atoms with van der Waals surface area (Å²) >= 11 is 7.70. The van der Waals surface area contributed by atoms with Crippen LogP contribution in [0.5, 0.6) is 0 Å². The Morgan fingerprint density at radius 1 is 1.18 bits per heavy atom. The number of aliphatic hydroxyl groups excluding tert-OH is 3. The van der Waals surface area contributed by atoms with E-state index in [1.165, 1.54) is 11.3 Å². The molecule has 0 aliphatic heterocycles. The smallest absolute Gasteiger partial charge is 0.396 e. The SMILES string of the molecule is C[C@H](Nc1nc(Cl)c(-c2nc3ccccc3s2)c(N[C@@H]2C[C@H](CO)[C@@H](O)[C@H]2O)n1)C(F)(F)F. The molecule has 1 aromatic carbocycles. The largest absolute Gasteiger partial charge is 0.408 e. The molecule has 0 bridgehead atoms. The number of para-hydroxylation sites is 1. The van der Waals surface area contributed by atoms with Crippen molar-refractivity contribution in [1.29, 1.82) is 0 Å². The molecule has 1 aliphatic rings. The van der Waals surface area contributed by atoms with Crippen LogP contribution in [0.2, 0.25) is 5.15 Å². The Labute approximate surface area is 195 Å². The third kappa shape index (κ3) is 4.85. The number of hydrogen-bond donors (Lipinski definition) is 5. The lowest BCUT2D eigenvalue weighted by molar-refractivity contribution is -0.138. The zero-order valence-corrected chi connectivity index (χ0v) is 18.8. The number of nitrogens with zero attached hydrogens (tertiary/aromatic N) is 3. The maximum absolute atomic E-state index is 13.0. The van der Waals surface area contributed by atoms with Crippen molar-refractivity contribution in [3.8, 4) is 10.6 Å². The van der Waals surface area contributed by atoms with Crippen molar-refractivity contribution in [3.05, 3.63) is 29.4 Å². The summed E-state index contributed by atoms with van der Waals surface area (Å²) in [5, 5.41) is 35.5. The van der Waals surface area contributed by atoms with E-state index in [0.717, 1.165) is 11.6 Å². The number of aromatic nitrogens is 3. The van der Waals surface area contributed by atoms with E-state index in [2.05, 4.69) is 25.6 Å². The zero-order valence-electron chi connectivity index (χ0n) is 17.2. The fourth-order valence-corrected chi connectivity index (χ4v) is 5.00. The summed E-state index contributed by atoms with van der Waals surface area (Å²) in [6.45, 7) is 0.594. The maximum Gasteiger partial charge on any atom is 0.408 e. The molecular weight excluding hydrogens is 483 g/mol. The number of rotatable bonds is 6. The molecule has 3 aromatic rings. The van der Waals surface area contributed by atoms with E-state index in [-0.39, 0.29) is 35.5 Å². The van der Waals surface area contributed by atoms with Crippen LogP contribution in [0.4, 0.5) is 24.9 Å². The summed E-state index contributed by atoms with van der Waals surface area (Å²) in [5.41, 5.74) is 0.960. The Bertz CT molecular complexity index is 1110. The highest BCUT2D eigenvalue weighted by Crippen LogP contribution is 2.40. The van der Waals surface area contributed by atoms with Crippen LogP contribution in [0.1, 0.15) is 13.3 Å². The summed E-state index contributed by atoms with van der Waals surface area (Å²) in [6, 6.07) is 4.67. The number of nitrogens with one attached hydrogen (secondary N) is 2. The molecule has 0 saturated heterocycles. The first-order valence-electron chi connectivity index (χ1n) is 10.1. The zero-order chi connectivity index (χ0) is 23.9. The van der Waals surface area contributed by atoms with Gasteiger partial charge < -0.3 is 26.0 Å². The molecule has 0 spiro atoms. The molecule has 5 atom stereocenters. The molecule has 178 valence electrons. The molecule has 5 N–H and O–H groups in total. The van der Waals surface area contributed by atoms with Crippen molar-refractivity contribution in [2.75, 3.05) is 17.2 Å². The first-order chi connectivity index (χ1) is 15.6. The van der Waals surface area contributed by atoms with Gasteiger partial charge in [-0.05, 0) is 25.5 Å². The van der Waals surface area contributed by atoms with E-state index in [0.29, 0.717) is 10.5 Å². The van der Waals surface area contributed by atoms with Gasteiger partial charge in [-0.3, -0.25) is 0 Å². The number of halogens is 4. The average Bonchev–Trinajstić information content (AvgIpc) is 3.28. The number of thiazole rings is 1. The van der Waals surface area contributed by atoms with E-state index >= 15 is 0 Å². The number of benzene rings is 1. The van der Waals surface area contributed by atoms with Crippen molar-refractivity contribution in [3.63, 3.8) is 0 Å². The van der Waals surface area contributed by atoms with E-state index in [4.69, 9.17) is 11.6 Å². The van der Waals surface area contributed by atoms with Crippen LogP contribution < -0.4 is 10.6 Å². The minimum Gasteiger partial charge on any atom is -0.396 e. The monoisotopic (exact) mass is 503 g/mol. The van der Waals surface area contributed by atoms with Gasteiger partial charge in [-0.25, -0.2) is 9.97 Å². The van der Waals surface area contributed by atoms with Gasteiger partial charge in [0, 0.05) is 12.5 Å². The highest BCUT2D eigenvalue weighted by Gasteiger charge is 2.42. The number of aliphatic hydroxyl groups is 3. The Morgan fingerprint density at radius 3 is 2.55 bits per heavy atom. The predicted molar refractivity (Wildman–Crippen MR) is 119 cm³/mol. The minimum atomic E-state index is -4.53. The van der Waals surface area contributed by atoms with E-state index in [1.54, 1.807) is 6.07 Å². The summed E-state index contributed by atoms with van der Waals surface area (Å²) < 4.78 is 40.0. The number of hydrogen-bond acceptors (Lipinski definition) is 9. The molecule has 4 rings (SSSR count). The van der Waals surface area contributed by atoms with E-state index in [1.807, 2.05) is 18.2 Å². The van der Waals surface area contributed by atoms with Crippen LogP contribution in [0.3, 0.4) is 0 Å². The Kier molecular flexibility index (Phi) is 6.65. The van der Waals surface area contributed by atoms with E-state index < -0.39 is 36.4 Å². The Hall–Kier alpha value is -2.25. The van der Waals surface area contributed by atoms with Crippen LogP contribution in [-0.2, 0) is 0 Å². The van der Waals surface area contributed by atoms with Gasteiger partial charge in [-0.15, -0.1) is 11.3 Å². The quantitative estimate of drug-likeness (QED) is 0.325. The molecule has 0 unspecified atom stereocenters. The van der Waals surface area contributed by atoms with Crippen molar-refractivity contribution < 1.29 is 28.5 Å². The second-order valence-corrected chi connectivity index (χ2v) is 9.26. The van der Waals surface area contributed by atoms with E-state index in [9.17, 15) is 28.5 Å². The van der Waals surface area contributed by atoms with Crippen molar-refractivity contribution in [2.24, 2.45) is 5.92 Å². The lowest BCUT2D eigenvalue weighted by Crippen LogP contribution is -2.36. The summed E-state index contributed by atoms with van der Waals surface area (Å²) in [7, 11) is 0. The fraction of sp³-hybridized carbons (Fsp3) is 0.450. The topological polar surface area (TPSA) is 123 Å². The van der Waals surface area contributed by atoms with Crippen LogP contribution in [0.15, 0.2) is 24.3 Å². The fourth-order valence-electron chi connectivity index (χ4n) is 3.67. The maximum atomic E-state index is 13.0. The van der Waals surface area contributed by atoms with Crippen molar-refractivity contribution in [1.82, 2.24) is 15.0 Å². The van der Waals surface area contributed by atoms with Gasteiger partial charge in [-0.1, -0.05) is 23.7 Å². The summed E-state index contributed by atoms with van der Waals surface area (Å²) in [4.78, 5) is 12.7. The molecule has 2 aromatic heterocycles.